The van der Waals surface area contributed by atoms with E-state index >= 15 is 0 Å². The van der Waals surface area contributed by atoms with Crippen LogP contribution in [-0.4, -0.2) is 36.5 Å². The van der Waals surface area contributed by atoms with Crippen molar-refractivity contribution >= 4 is 22.0 Å². The van der Waals surface area contributed by atoms with Gasteiger partial charge in [0.25, 0.3) is 0 Å². The summed E-state index contributed by atoms with van der Waals surface area (Å²) in [6, 6.07) is 6.06. The summed E-state index contributed by atoms with van der Waals surface area (Å²) in [7, 11) is -3.31. The minimum absolute atomic E-state index is 0.0917. The predicted molar refractivity (Wildman–Crippen MR) is 114 cm³/mol. The molecule has 2 aromatic rings. The summed E-state index contributed by atoms with van der Waals surface area (Å²) in [5, 5.41) is 0. The maximum Gasteiger partial charge on any atom is 0.246 e. The molecular formula is C22H26FN3O3S. The van der Waals surface area contributed by atoms with Crippen molar-refractivity contribution in [3.8, 4) is 0 Å². The summed E-state index contributed by atoms with van der Waals surface area (Å²) < 4.78 is 40.0. The Morgan fingerprint density at radius 1 is 1.37 bits per heavy atom. The number of rotatable bonds is 7. The number of amides is 1. The van der Waals surface area contributed by atoms with Crippen LogP contribution in [0.15, 0.2) is 36.5 Å². The first-order valence-electron chi connectivity index (χ1n) is 9.95. The second-order valence-corrected chi connectivity index (χ2v) is 9.29. The highest BCUT2D eigenvalue weighted by Gasteiger charge is 2.23. The maximum atomic E-state index is 13.3. The van der Waals surface area contributed by atoms with Gasteiger partial charge in [-0.3, -0.25) is 9.78 Å². The standard InChI is InChI=1S/C22H26FN3O3S/c1-3-11-30(28,29)25-14-21-16(2)24-13-18-15-26(10-9-20(18)21)22(27)8-7-17-5-4-6-19(23)12-17/h4-8,12-13,25H,3,9-11,14-15H2,1-2H3. The van der Waals surface area contributed by atoms with Crippen molar-refractivity contribution in [1.82, 2.24) is 14.6 Å². The number of halogens is 1. The Labute approximate surface area is 176 Å². The molecule has 0 spiro atoms. The molecule has 0 saturated carbocycles. The average molecular weight is 432 g/mol. The molecule has 0 unspecified atom stereocenters. The molecule has 2 heterocycles. The van der Waals surface area contributed by atoms with Crippen molar-refractivity contribution in [1.29, 1.82) is 0 Å². The fraction of sp³-hybridized carbons (Fsp3) is 0.364. The van der Waals surface area contributed by atoms with Crippen LogP contribution in [0.5, 0.6) is 0 Å². The van der Waals surface area contributed by atoms with Crippen molar-refractivity contribution in [3.05, 3.63) is 70.3 Å². The molecule has 1 N–H and O–H groups in total. The average Bonchev–Trinajstić information content (AvgIpc) is 2.71. The molecule has 30 heavy (non-hydrogen) atoms. The van der Waals surface area contributed by atoms with E-state index in [1.807, 2.05) is 13.8 Å². The van der Waals surface area contributed by atoms with Gasteiger partial charge in [0.15, 0.2) is 0 Å². The second-order valence-electron chi connectivity index (χ2n) is 7.36. The predicted octanol–water partition coefficient (Wildman–Crippen LogP) is 2.96. The number of aromatic nitrogens is 1. The van der Waals surface area contributed by atoms with E-state index in [0.717, 1.165) is 22.4 Å². The molecule has 0 saturated heterocycles. The van der Waals surface area contributed by atoms with Gasteiger partial charge < -0.3 is 4.90 Å². The molecule has 0 aliphatic carbocycles. The third kappa shape index (κ3) is 5.52. The number of sulfonamides is 1. The molecule has 6 nitrogen and oxygen atoms in total. The van der Waals surface area contributed by atoms with Gasteiger partial charge in [0.2, 0.25) is 15.9 Å². The van der Waals surface area contributed by atoms with E-state index < -0.39 is 10.0 Å². The molecule has 8 heteroatoms. The molecular weight excluding hydrogens is 405 g/mol. The summed E-state index contributed by atoms with van der Waals surface area (Å²) in [4.78, 5) is 18.7. The first kappa shape index (κ1) is 22.1. The van der Waals surface area contributed by atoms with Gasteiger partial charge in [-0.05, 0) is 60.2 Å². The molecule has 0 fully saturated rings. The Morgan fingerprint density at radius 3 is 2.90 bits per heavy atom. The Hall–Kier alpha value is -2.58. The number of fused-ring (bicyclic) bond motifs is 1. The zero-order chi connectivity index (χ0) is 21.7. The van der Waals surface area contributed by atoms with Crippen molar-refractivity contribution in [3.63, 3.8) is 0 Å². The van der Waals surface area contributed by atoms with Crippen LogP contribution in [0, 0.1) is 12.7 Å². The third-order valence-electron chi connectivity index (χ3n) is 5.12. The molecule has 1 amide bonds. The first-order chi connectivity index (χ1) is 14.3. The van der Waals surface area contributed by atoms with E-state index in [2.05, 4.69) is 9.71 Å². The minimum Gasteiger partial charge on any atom is -0.334 e. The maximum absolute atomic E-state index is 13.3. The minimum atomic E-state index is -3.31. The zero-order valence-corrected chi connectivity index (χ0v) is 18.0. The van der Waals surface area contributed by atoms with E-state index in [0.29, 0.717) is 31.5 Å². The van der Waals surface area contributed by atoms with Crippen LogP contribution in [0.3, 0.4) is 0 Å². The van der Waals surface area contributed by atoms with Gasteiger partial charge in [-0.2, -0.15) is 0 Å². The van der Waals surface area contributed by atoms with Gasteiger partial charge >= 0.3 is 0 Å². The fourth-order valence-electron chi connectivity index (χ4n) is 3.55. The molecule has 0 atom stereocenters. The van der Waals surface area contributed by atoms with Crippen molar-refractivity contribution in [2.24, 2.45) is 0 Å². The summed E-state index contributed by atoms with van der Waals surface area (Å²) in [6.45, 7) is 4.83. The number of nitrogens with zero attached hydrogens (tertiary/aromatic N) is 2. The molecule has 3 rings (SSSR count). The summed E-state index contributed by atoms with van der Waals surface area (Å²) >= 11 is 0. The molecule has 160 valence electrons. The van der Waals surface area contributed by atoms with Gasteiger partial charge in [-0.25, -0.2) is 17.5 Å². The lowest BCUT2D eigenvalue weighted by atomic mass is 9.95. The van der Waals surface area contributed by atoms with E-state index in [1.165, 1.54) is 18.2 Å². The number of hydrogen-bond acceptors (Lipinski definition) is 4. The van der Waals surface area contributed by atoms with E-state index in [1.54, 1.807) is 29.3 Å². The van der Waals surface area contributed by atoms with E-state index in [9.17, 15) is 17.6 Å². The van der Waals surface area contributed by atoms with Gasteiger partial charge in [-0.1, -0.05) is 19.1 Å². The molecule has 1 aromatic heterocycles. The second kappa shape index (κ2) is 9.49. The Bertz CT molecular complexity index is 1070. The number of pyridine rings is 1. The lowest BCUT2D eigenvalue weighted by molar-refractivity contribution is -0.126. The highest BCUT2D eigenvalue weighted by Crippen LogP contribution is 2.24. The summed E-state index contributed by atoms with van der Waals surface area (Å²) in [5.41, 5.74) is 4.27. The van der Waals surface area contributed by atoms with Crippen molar-refractivity contribution < 1.29 is 17.6 Å². The molecule has 1 aromatic carbocycles. The zero-order valence-electron chi connectivity index (χ0n) is 17.2. The molecule has 1 aliphatic heterocycles. The molecule has 0 bridgehead atoms. The van der Waals surface area contributed by atoms with Gasteiger partial charge in [0.1, 0.15) is 5.82 Å². The van der Waals surface area contributed by atoms with E-state index in [4.69, 9.17) is 0 Å². The largest absolute Gasteiger partial charge is 0.334 e. The van der Waals surface area contributed by atoms with Gasteiger partial charge in [0, 0.05) is 37.6 Å². The van der Waals surface area contributed by atoms with Gasteiger partial charge in [-0.15, -0.1) is 0 Å². The number of benzene rings is 1. The topological polar surface area (TPSA) is 79.4 Å². The van der Waals surface area contributed by atoms with Crippen LogP contribution >= 0.6 is 0 Å². The van der Waals surface area contributed by atoms with Gasteiger partial charge in [0.05, 0.1) is 5.75 Å². The molecule has 0 radical (unpaired) electrons. The number of carbonyl (C=O) groups is 1. The summed E-state index contributed by atoms with van der Waals surface area (Å²) in [6.07, 6.45) is 5.98. The normalized spacial score (nSPS) is 14.2. The number of carbonyl (C=O) groups excluding carboxylic acids is 1. The Morgan fingerprint density at radius 2 is 2.17 bits per heavy atom. The fourth-order valence-corrected chi connectivity index (χ4v) is 4.60. The first-order valence-corrected chi connectivity index (χ1v) is 11.6. The van der Waals surface area contributed by atoms with Crippen LogP contribution in [0.1, 0.15) is 41.3 Å². The lowest BCUT2D eigenvalue weighted by Gasteiger charge is -2.30. The smallest absolute Gasteiger partial charge is 0.246 e. The quantitative estimate of drug-likeness (QED) is 0.684. The van der Waals surface area contributed by atoms with Crippen LogP contribution in [0.4, 0.5) is 4.39 Å². The Kier molecular flexibility index (Phi) is 6.99. The van der Waals surface area contributed by atoms with Crippen molar-refractivity contribution in [2.75, 3.05) is 12.3 Å². The lowest BCUT2D eigenvalue weighted by Crippen LogP contribution is -2.36. The highest BCUT2D eigenvalue weighted by atomic mass is 32.2. The number of hydrogen-bond donors (Lipinski definition) is 1. The number of nitrogens with one attached hydrogen (secondary N) is 1. The van der Waals surface area contributed by atoms with Crippen molar-refractivity contribution in [2.45, 2.75) is 39.8 Å². The SMILES string of the molecule is CCCS(=O)(=O)NCc1c(C)ncc2c1CCN(C(=O)C=Cc1cccc(F)c1)C2. The Balaban J connectivity index is 1.72. The summed E-state index contributed by atoms with van der Waals surface area (Å²) in [5.74, 6) is -0.412. The van der Waals surface area contributed by atoms with E-state index in [-0.39, 0.29) is 24.0 Å². The molecule has 1 aliphatic rings. The van der Waals surface area contributed by atoms with Crippen LogP contribution in [-0.2, 0) is 34.3 Å². The van der Waals surface area contributed by atoms with Crippen LogP contribution in [0.25, 0.3) is 6.08 Å². The highest BCUT2D eigenvalue weighted by molar-refractivity contribution is 7.89. The third-order valence-corrected chi connectivity index (χ3v) is 6.65. The monoisotopic (exact) mass is 431 g/mol. The number of aryl methyl sites for hydroxylation is 1. The van der Waals surface area contributed by atoms with Crippen LogP contribution < -0.4 is 4.72 Å². The van der Waals surface area contributed by atoms with Crippen LogP contribution in [0.2, 0.25) is 0 Å².